The molecule has 1 amide bonds. The molecule has 4 aromatic rings. The van der Waals surface area contributed by atoms with Gasteiger partial charge in [0.2, 0.25) is 0 Å². The number of terminal acetylenes is 1. The molecule has 1 aromatic heterocycles. The number of halogens is 2. The molecule has 0 radical (unpaired) electrons. The molecule has 0 aliphatic carbocycles. The summed E-state index contributed by atoms with van der Waals surface area (Å²) in [6, 6.07) is 20.2. The number of nitrogens with one attached hydrogen (secondary N) is 2. The fourth-order valence-electron chi connectivity index (χ4n) is 2.98. The Bertz CT molecular complexity index is 1400. The first-order valence-electron chi connectivity index (χ1n) is 10.3. The molecule has 0 aliphatic heterocycles. The number of carbonyl (C=O) groups is 1. The van der Waals surface area contributed by atoms with Gasteiger partial charge in [0.1, 0.15) is 12.4 Å². The van der Waals surface area contributed by atoms with E-state index < -0.39 is 0 Å². The number of hydrazone groups is 1. The molecule has 0 aliphatic rings. The lowest BCUT2D eigenvalue weighted by Gasteiger charge is -2.05. The molecule has 0 saturated heterocycles. The Morgan fingerprint density at radius 1 is 1.17 bits per heavy atom. The van der Waals surface area contributed by atoms with E-state index in [-0.39, 0.29) is 12.5 Å². The normalized spacial score (nSPS) is 10.7. The molecule has 4 rings (SSSR count). The van der Waals surface area contributed by atoms with Gasteiger partial charge >= 0.3 is 0 Å². The van der Waals surface area contributed by atoms with Crippen molar-refractivity contribution in [1.29, 1.82) is 0 Å². The number of amides is 1. The van der Waals surface area contributed by atoms with E-state index in [1.54, 1.807) is 18.3 Å². The van der Waals surface area contributed by atoms with Gasteiger partial charge in [0, 0.05) is 27.2 Å². The topological polar surface area (TPSA) is 75.6 Å². The summed E-state index contributed by atoms with van der Waals surface area (Å²) in [5.74, 6) is 2.84. The molecule has 174 valence electrons. The summed E-state index contributed by atoms with van der Waals surface area (Å²) < 4.78 is 6.35. The maximum atomic E-state index is 12.5. The van der Waals surface area contributed by atoms with Crippen LogP contribution in [0.4, 0.5) is 10.8 Å². The summed E-state index contributed by atoms with van der Waals surface area (Å²) in [7, 11) is 0. The molecule has 0 atom stereocenters. The summed E-state index contributed by atoms with van der Waals surface area (Å²) in [6.07, 6.45) is 6.79. The molecule has 0 spiro atoms. The molecule has 0 fully saturated rings. The third kappa shape index (κ3) is 6.82. The smallest absolute Gasteiger partial charge is 0.271 e. The molecular formula is C26H18ClIN4O2S. The van der Waals surface area contributed by atoms with Gasteiger partial charge in [0.15, 0.2) is 5.13 Å². The number of nitrogens with zero attached hydrogens (tertiary/aromatic N) is 2. The maximum Gasteiger partial charge on any atom is 0.271 e. The SMILES string of the molecule is C#CCOc1ccc(/C=N\NC(=O)c2ccc(-c3csc(Nc4ccc(Cl)cc4)n3)cc2)cc1I. The summed E-state index contributed by atoms with van der Waals surface area (Å²) in [5, 5.41) is 10.7. The van der Waals surface area contributed by atoms with Crippen LogP contribution in [0.5, 0.6) is 5.75 Å². The first-order valence-corrected chi connectivity index (χ1v) is 12.6. The van der Waals surface area contributed by atoms with E-state index in [2.05, 4.69) is 49.3 Å². The molecule has 0 unspecified atom stereocenters. The number of anilines is 2. The number of rotatable bonds is 8. The molecule has 0 saturated carbocycles. The van der Waals surface area contributed by atoms with E-state index in [1.807, 2.05) is 60.0 Å². The van der Waals surface area contributed by atoms with Gasteiger partial charge in [0.25, 0.3) is 5.91 Å². The Morgan fingerprint density at radius 2 is 1.94 bits per heavy atom. The Balaban J connectivity index is 1.34. The number of hydrogen-bond donors (Lipinski definition) is 2. The molecule has 0 bridgehead atoms. The van der Waals surface area contributed by atoms with Gasteiger partial charge < -0.3 is 10.1 Å². The number of aromatic nitrogens is 1. The lowest BCUT2D eigenvalue weighted by atomic mass is 10.1. The minimum absolute atomic E-state index is 0.211. The van der Waals surface area contributed by atoms with Crippen LogP contribution >= 0.6 is 45.5 Å². The standard InChI is InChI=1S/C26H18ClIN4O2S/c1-2-13-34-24-12-3-17(14-22(24)28)15-29-32-25(33)19-6-4-18(5-7-19)23-16-35-26(31-23)30-21-10-8-20(27)9-11-21/h1,3-12,14-16H,13H2,(H,30,31)(H,32,33)/b29-15-. The molecular weight excluding hydrogens is 595 g/mol. The molecule has 6 nitrogen and oxygen atoms in total. The van der Waals surface area contributed by atoms with Crippen LogP contribution in [0, 0.1) is 15.9 Å². The zero-order valence-electron chi connectivity index (χ0n) is 18.2. The van der Waals surface area contributed by atoms with Crippen LogP contribution in [0.1, 0.15) is 15.9 Å². The summed E-state index contributed by atoms with van der Waals surface area (Å²) in [5.41, 5.74) is 6.50. The Kier molecular flexibility index (Phi) is 8.36. The number of thiazole rings is 1. The van der Waals surface area contributed by atoms with Crippen molar-refractivity contribution in [2.24, 2.45) is 5.10 Å². The zero-order valence-corrected chi connectivity index (χ0v) is 21.9. The van der Waals surface area contributed by atoms with Gasteiger partial charge in [-0.2, -0.15) is 5.10 Å². The minimum Gasteiger partial charge on any atom is -0.480 e. The highest BCUT2D eigenvalue weighted by Crippen LogP contribution is 2.28. The highest BCUT2D eigenvalue weighted by Gasteiger charge is 2.08. The van der Waals surface area contributed by atoms with E-state index in [1.165, 1.54) is 11.3 Å². The number of benzene rings is 3. The van der Waals surface area contributed by atoms with E-state index in [0.717, 1.165) is 31.2 Å². The van der Waals surface area contributed by atoms with Gasteiger partial charge in [-0.25, -0.2) is 10.4 Å². The van der Waals surface area contributed by atoms with Gasteiger partial charge in [-0.3, -0.25) is 4.79 Å². The van der Waals surface area contributed by atoms with E-state index in [9.17, 15) is 4.79 Å². The second kappa shape index (κ2) is 11.8. The highest BCUT2D eigenvalue weighted by atomic mass is 127. The Hall–Kier alpha value is -3.39. The quantitative estimate of drug-likeness (QED) is 0.102. The van der Waals surface area contributed by atoms with Crippen molar-refractivity contribution in [3.8, 4) is 29.4 Å². The van der Waals surface area contributed by atoms with Crippen molar-refractivity contribution in [2.45, 2.75) is 0 Å². The number of carbonyl (C=O) groups excluding carboxylic acids is 1. The van der Waals surface area contributed by atoms with Crippen LogP contribution in [-0.2, 0) is 0 Å². The largest absolute Gasteiger partial charge is 0.480 e. The van der Waals surface area contributed by atoms with E-state index in [4.69, 9.17) is 22.8 Å². The van der Waals surface area contributed by atoms with Gasteiger partial charge in [0.05, 0.1) is 15.5 Å². The van der Waals surface area contributed by atoms with Crippen molar-refractivity contribution in [3.05, 3.63) is 91.8 Å². The Morgan fingerprint density at radius 3 is 2.66 bits per heavy atom. The third-order valence-electron chi connectivity index (χ3n) is 4.69. The van der Waals surface area contributed by atoms with Crippen LogP contribution < -0.4 is 15.5 Å². The third-order valence-corrected chi connectivity index (χ3v) is 6.54. The van der Waals surface area contributed by atoms with E-state index >= 15 is 0 Å². The van der Waals surface area contributed by atoms with Gasteiger partial charge in [-0.15, -0.1) is 17.8 Å². The average molecular weight is 613 g/mol. The average Bonchev–Trinajstić information content (AvgIpc) is 3.33. The predicted molar refractivity (Wildman–Crippen MR) is 151 cm³/mol. The van der Waals surface area contributed by atoms with Crippen molar-refractivity contribution >= 4 is 68.5 Å². The summed E-state index contributed by atoms with van der Waals surface area (Å²) >= 11 is 9.59. The first-order chi connectivity index (χ1) is 17.0. The van der Waals surface area contributed by atoms with Gasteiger partial charge in [-0.05, 0) is 82.8 Å². The van der Waals surface area contributed by atoms with Crippen LogP contribution in [0.25, 0.3) is 11.3 Å². The van der Waals surface area contributed by atoms with Crippen molar-refractivity contribution < 1.29 is 9.53 Å². The minimum atomic E-state index is -0.306. The molecule has 9 heteroatoms. The molecule has 35 heavy (non-hydrogen) atoms. The predicted octanol–water partition coefficient (Wildman–Crippen LogP) is 6.59. The van der Waals surface area contributed by atoms with Gasteiger partial charge in [-0.1, -0.05) is 29.7 Å². The molecule has 1 heterocycles. The van der Waals surface area contributed by atoms with Crippen LogP contribution in [0.2, 0.25) is 5.02 Å². The fraction of sp³-hybridized carbons (Fsp3) is 0.0385. The second-order valence-corrected chi connectivity index (χ2v) is 9.59. The zero-order chi connectivity index (χ0) is 24.6. The monoisotopic (exact) mass is 612 g/mol. The van der Waals surface area contributed by atoms with Crippen molar-refractivity contribution in [1.82, 2.24) is 10.4 Å². The van der Waals surface area contributed by atoms with Crippen molar-refractivity contribution in [2.75, 3.05) is 11.9 Å². The molecule has 2 N–H and O–H groups in total. The second-order valence-electron chi connectivity index (χ2n) is 7.13. The maximum absolute atomic E-state index is 12.5. The lowest BCUT2D eigenvalue weighted by molar-refractivity contribution is 0.0955. The van der Waals surface area contributed by atoms with Crippen LogP contribution in [0.3, 0.4) is 0 Å². The molecule has 3 aromatic carbocycles. The number of ether oxygens (including phenoxy) is 1. The van der Waals surface area contributed by atoms with E-state index in [0.29, 0.717) is 16.3 Å². The van der Waals surface area contributed by atoms with Crippen LogP contribution in [-0.4, -0.2) is 23.7 Å². The summed E-state index contributed by atoms with van der Waals surface area (Å²) in [6.45, 7) is 0.211. The highest BCUT2D eigenvalue weighted by molar-refractivity contribution is 14.1. The lowest BCUT2D eigenvalue weighted by Crippen LogP contribution is -2.17. The number of hydrogen-bond acceptors (Lipinski definition) is 6. The first kappa shape index (κ1) is 24.7. The summed E-state index contributed by atoms with van der Waals surface area (Å²) in [4.78, 5) is 17.1. The fourth-order valence-corrected chi connectivity index (χ4v) is 4.54. The van der Waals surface area contributed by atoms with Crippen LogP contribution in [0.15, 0.2) is 77.2 Å². The Labute approximate surface area is 225 Å². The van der Waals surface area contributed by atoms with Crippen molar-refractivity contribution in [3.63, 3.8) is 0 Å².